The highest BCUT2D eigenvalue weighted by atomic mass is 16.6. The highest BCUT2D eigenvalue weighted by molar-refractivity contribution is 5.79. The first-order valence-electron chi connectivity index (χ1n) is 12.0. The molecule has 0 aromatic carbocycles. The standard InChI is InChI=1S/C23H48N6O2/c1-9-23(10-2,27-21(30)31-22(5,6)7)18-26-20(24-8)25-16-19(4)17-29-14-12-28(11-3)13-15-29/h19H,9-18H2,1-8H3,(H,27,30)(H2,24,25,26). The number of aliphatic imine (C=N–C) groups is 1. The summed E-state index contributed by atoms with van der Waals surface area (Å²) in [6.45, 7) is 22.6. The first-order valence-corrected chi connectivity index (χ1v) is 12.0. The average Bonchev–Trinajstić information content (AvgIpc) is 2.72. The second-order valence-electron chi connectivity index (χ2n) is 9.76. The molecule has 1 unspecified atom stereocenters. The fourth-order valence-electron chi connectivity index (χ4n) is 3.78. The van der Waals surface area contributed by atoms with Crippen LogP contribution in [-0.2, 0) is 4.74 Å². The van der Waals surface area contributed by atoms with Crippen molar-refractivity contribution in [2.75, 3.05) is 59.4 Å². The Labute approximate surface area is 190 Å². The minimum absolute atomic E-state index is 0.377. The van der Waals surface area contributed by atoms with Crippen molar-refractivity contribution in [1.29, 1.82) is 0 Å². The number of rotatable bonds is 10. The normalized spacial score (nSPS) is 17.9. The molecular weight excluding hydrogens is 392 g/mol. The van der Waals surface area contributed by atoms with E-state index in [4.69, 9.17) is 4.74 Å². The summed E-state index contributed by atoms with van der Waals surface area (Å²) < 4.78 is 5.46. The summed E-state index contributed by atoms with van der Waals surface area (Å²) in [5.74, 6) is 1.29. The predicted molar refractivity (Wildman–Crippen MR) is 130 cm³/mol. The van der Waals surface area contributed by atoms with Gasteiger partial charge in [0.1, 0.15) is 5.60 Å². The SMILES string of the molecule is CCN1CCN(CC(C)CNC(=NC)NCC(CC)(CC)NC(=O)OC(C)(C)C)CC1. The molecule has 1 rings (SSSR count). The van der Waals surface area contributed by atoms with Crippen LogP contribution in [0.4, 0.5) is 4.79 Å². The number of ether oxygens (including phenoxy) is 1. The van der Waals surface area contributed by atoms with Crippen LogP contribution in [-0.4, -0.2) is 92.4 Å². The van der Waals surface area contributed by atoms with E-state index >= 15 is 0 Å². The summed E-state index contributed by atoms with van der Waals surface area (Å²) in [5.41, 5.74) is -0.897. The second kappa shape index (κ2) is 13.1. The van der Waals surface area contributed by atoms with E-state index in [1.807, 2.05) is 20.8 Å². The van der Waals surface area contributed by atoms with Gasteiger partial charge >= 0.3 is 6.09 Å². The average molecular weight is 441 g/mol. The lowest BCUT2D eigenvalue weighted by Crippen LogP contribution is -2.57. The van der Waals surface area contributed by atoms with Crippen molar-refractivity contribution in [2.24, 2.45) is 10.9 Å². The summed E-state index contributed by atoms with van der Waals surface area (Å²) in [4.78, 5) is 21.8. The highest BCUT2D eigenvalue weighted by Crippen LogP contribution is 2.16. The van der Waals surface area contributed by atoms with Crippen LogP contribution in [0.15, 0.2) is 4.99 Å². The third-order valence-electron chi connectivity index (χ3n) is 6.04. The number of nitrogens with zero attached hydrogens (tertiary/aromatic N) is 3. The lowest BCUT2D eigenvalue weighted by Gasteiger charge is -2.35. The minimum atomic E-state index is -0.512. The van der Waals surface area contributed by atoms with E-state index in [2.05, 4.69) is 58.4 Å². The monoisotopic (exact) mass is 440 g/mol. The van der Waals surface area contributed by atoms with E-state index in [9.17, 15) is 4.79 Å². The van der Waals surface area contributed by atoms with Gasteiger partial charge in [0, 0.05) is 52.9 Å². The van der Waals surface area contributed by atoms with Gasteiger partial charge in [-0.3, -0.25) is 4.99 Å². The quantitative estimate of drug-likeness (QED) is 0.358. The Morgan fingerprint density at radius 1 is 1.03 bits per heavy atom. The lowest BCUT2D eigenvalue weighted by atomic mass is 9.93. The Kier molecular flexibility index (Phi) is 11.6. The molecule has 0 aromatic rings. The van der Waals surface area contributed by atoms with E-state index in [0.717, 1.165) is 51.5 Å². The fourth-order valence-corrected chi connectivity index (χ4v) is 3.78. The summed E-state index contributed by atoms with van der Waals surface area (Å²) in [6.07, 6.45) is 1.22. The smallest absolute Gasteiger partial charge is 0.408 e. The van der Waals surface area contributed by atoms with Gasteiger partial charge in [0.05, 0.1) is 5.54 Å². The number of hydrogen-bond acceptors (Lipinski definition) is 5. The van der Waals surface area contributed by atoms with Gasteiger partial charge in [0.25, 0.3) is 0 Å². The molecule has 0 bridgehead atoms. The van der Waals surface area contributed by atoms with Crippen molar-refractivity contribution >= 4 is 12.1 Å². The molecule has 8 heteroatoms. The molecular formula is C23H48N6O2. The van der Waals surface area contributed by atoms with Crippen molar-refractivity contribution in [3.63, 3.8) is 0 Å². The van der Waals surface area contributed by atoms with Crippen LogP contribution in [0.25, 0.3) is 0 Å². The Balaban J connectivity index is 2.48. The number of nitrogens with one attached hydrogen (secondary N) is 3. The molecule has 1 aliphatic rings. The highest BCUT2D eigenvalue weighted by Gasteiger charge is 2.30. The van der Waals surface area contributed by atoms with Crippen molar-refractivity contribution in [2.45, 2.75) is 72.4 Å². The van der Waals surface area contributed by atoms with Gasteiger partial charge in [-0.2, -0.15) is 0 Å². The minimum Gasteiger partial charge on any atom is -0.444 e. The van der Waals surface area contributed by atoms with E-state index in [1.54, 1.807) is 7.05 Å². The van der Waals surface area contributed by atoms with E-state index in [1.165, 1.54) is 13.1 Å². The topological polar surface area (TPSA) is 81.2 Å². The second-order valence-corrected chi connectivity index (χ2v) is 9.76. The van der Waals surface area contributed by atoms with Crippen LogP contribution in [0.1, 0.15) is 61.3 Å². The third kappa shape index (κ3) is 10.5. The van der Waals surface area contributed by atoms with Gasteiger partial charge in [-0.15, -0.1) is 0 Å². The summed E-state index contributed by atoms with van der Waals surface area (Å²) in [6, 6.07) is 0. The van der Waals surface area contributed by atoms with Gasteiger partial charge in [0.15, 0.2) is 5.96 Å². The number of carbonyl (C=O) groups is 1. The van der Waals surface area contributed by atoms with Gasteiger partial charge < -0.3 is 30.5 Å². The maximum atomic E-state index is 12.3. The number of alkyl carbamates (subject to hydrolysis) is 1. The van der Waals surface area contributed by atoms with E-state index in [-0.39, 0.29) is 11.6 Å². The molecule has 0 aliphatic carbocycles. The molecule has 8 nitrogen and oxygen atoms in total. The molecule has 1 atom stereocenters. The van der Waals surface area contributed by atoms with Crippen LogP contribution < -0.4 is 16.0 Å². The molecule has 1 aliphatic heterocycles. The van der Waals surface area contributed by atoms with E-state index < -0.39 is 5.60 Å². The van der Waals surface area contributed by atoms with Crippen molar-refractivity contribution in [3.8, 4) is 0 Å². The third-order valence-corrected chi connectivity index (χ3v) is 6.04. The van der Waals surface area contributed by atoms with Gasteiger partial charge in [0.2, 0.25) is 0 Å². The van der Waals surface area contributed by atoms with Crippen LogP contribution >= 0.6 is 0 Å². The number of guanidine groups is 1. The molecule has 1 fully saturated rings. The van der Waals surface area contributed by atoms with Gasteiger partial charge in [-0.25, -0.2) is 4.79 Å². The molecule has 0 radical (unpaired) electrons. The zero-order valence-corrected chi connectivity index (χ0v) is 21.3. The molecule has 0 saturated carbocycles. The van der Waals surface area contributed by atoms with Crippen LogP contribution in [0.2, 0.25) is 0 Å². The maximum absolute atomic E-state index is 12.3. The Hall–Kier alpha value is -1.54. The Morgan fingerprint density at radius 3 is 2.10 bits per heavy atom. The van der Waals surface area contributed by atoms with E-state index in [0.29, 0.717) is 12.5 Å². The molecule has 182 valence electrons. The van der Waals surface area contributed by atoms with Crippen LogP contribution in [0.5, 0.6) is 0 Å². The number of amides is 1. The molecule has 31 heavy (non-hydrogen) atoms. The molecule has 0 spiro atoms. The van der Waals surface area contributed by atoms with Crippen molar-refractivity contribution in [3.05, 3.63) is 0 Å². The molecule has 0 aromatic heterocycles. The predicted octanol–water partition coefficient (Wildman–Crippen LogP) is 2.51. The number of piperazine rings is 1. The number of carbonyl (C=O) groups excluding carboxylic acids is 1. The largest absolute Gasteiger partial charge is 0.444 e. The molecule has 1 amide bonds. The number of hydrogen-bond donors (Lipinski definition) is 3. The first kappa shape index (κ1) is 27.5. The molecule has 1 saturated heterocycles. The summed E-state index contributed by atoms with van der Waals surface area (Å²) >= 11 is 0. The van der Waals surface area contributed by atoms with Crippen LogP contribution in [0, 0.1) is 5.92 Å². The summed E-state index contributed by atoms with van der Waals surface area (Å²) in [5, 5.41) is 9.93. The zero-order valence-electron chi connectivity index (χ0n) is 21.3. The van der Waals surface area contributed by atoms with Gasteiger partial charge in [-0.1, -0.05) is 27.7 Å². The van der Waals surface area contributed by atoms with Crippen molar-refractivity contribution in [1.82, 2.24) is 25.8 Å². The van der Waals surface area contributed by atoms with Crippen molar-refractivity contribution < 1.29 is 9.53 Å². The Morgan fingerprint density at radius 2 is 1.61 bits per heavy atom. The van der Waals surface area contributed by atoms with Crippen LogP contribution in [0.3, 0.4) is 0 Å². The van der Waals surface area contributed by atoms with Gasteiger partial charge in [-0.05, 0) is 46.1 Å². The maximum Gasteiger partial charge on any atom is 0.408 e. The fraction of sp³-hybridized carbons (Fsp3) is 0.913. The Bertz CT molecular complexity index is 549. The number of likely N-dealkylation sites (N-methyl/N-ethyl adjacent to an activating group) is 1. The zero-order chi connectivity index (χ0) is 23.5. The molecule has 1 heterocycles. The lowest BCUT2D eigenvalue weighted by molar-refractivity contribution is 0.0448. The molecule has 3 N–H and O–H groups in total. The summed E-state index contributed by atoms with van der Waals surface area (Å²) in [7, 11) is 1.78. The first-order chi connectivity index (χ1) is 14.6.